The quantitative estimate of drug-likeness (QED) is 0.115. The van der Waals surface area contributed by atoms with Crippen molar-refractivity contribution in [3.63, 3.8) is 0 Å². The standard InChI is InChI=1S/C30H24Br2Cl2N2O7S/c1-16-2-9-20(10-3-16)44(41,42)43-19-7-4-17(5-8-19)27(37)15-35(28(38)18-6-11-25(33)26(34)12-18)36-29(39)21-13-23(31)24(32)14-22(21)30(36)40/h2-12,21-24H,13-15H2,1H3/t21-,22-,23+,24+/m1/s1. The number of fused-ring (bicyclic) bond motifs is 1. The SMILES string of the molecule is Cc1ccc(S(=O)(=O)Oc2ccc(C(=O)CN(C(=O)c3ccc(Cl)c(Cl)c3)N3C(=O)[C@@H]4C[C@H](Br)[C@@H](Br)C[C@H]4C3=O)cc2)cc1. The van der Waals surface area contributed by atoms with Crippen LogP contribution >= 0.6 is 55.1 Å². The van der Waals surface area contributed by atoms with Crippen molar-refractivity contribution in [2.75, 3.05) is 6.54 Å². The van der Waals surface area contributed by atoms with E-state index in [1.807, 2.05) is 6.92 Å². The van der Waals surface area contributed by atoms with E-state index < -0.39 is 52.0 Å². The Morgan fingerprint density at radius 3 is 1.95 bits per heavy atom. The summed E-state index contributed by atoms with van der Waals surface area (Å²) in [6.07, 6.45) is 0.745. The number of ketones is 1. The molecule has 5 rings (SSSR count). The number of amides is 3. The molecule has 4 atom stereocenters. The fourth-order valence-electron chi connectivity index (χ4n) is 5.13. The van der Waals surface area contributed by atoms with E-state index in [1.165, 1.54) is 54.6 Å². The van der Waals surface area contributed by atoms with E-state index in [9.17, 15) is 27.6 Å². The fraction of sp³-hybridized carbons (Fsp3) is 0.267. The third-order valence-corrected chi connectivity index (χ3v) is 12.2. The number of benzene rings is 3. The van der Waals surface area contributed by atoms with Gasteiger partial charge in [-0.2, -0.15) is 13.4 Å². The maximum absolute atomic E-state index is 13.8. The zero-order valence-corrected chi connectivity index (χ0v) is 28.5. The minimum absolute atomic E-state index is 0.0180. The highest BCUT2D eigenvalue weighted by Crippen LogP contribution is 2.44. The van der Waals surface area contributed by atoms with Crippen LogP contribution in [0.4, 0.5) is 0 Å². The average molecular weight is 787 g/mol. The topological polar surface area (TPSA) is 118 Å². The number of hydrogen-bond acceptors (Lipinski definition) is 7. The zero-order chi connectivity index (χ0) is 31.9. The number of nitrogens with zero attached hydrogens (tertiary/aromatic N) is 2. The first-order chi connectivity index (χ1) is 20.8. The molecule has 0 aromatic heterocycles. The molecule has 9 nitrogen and oxygen atoms in total. The van der Waals surface area contributed by atoms with Crippen molar-refractivity contribution in [3.8, 4) is 5.75 Å². The van der Waals surface area contributed by atoms with Gasteiger partial charge in [0.2, 0.25) is 0 Å². The molecule has 1 heterocycles. The monoisotopic (exact) mass is 784 g/mol. The van der Waals surface area contributed by atoms with Crippen LogP contribution in [0.3, 0.4) is 0 Å². The Labute approximate surface area is 280 Å². The number of hydrazine groups is 1. The lowest BCUT2D eigenvalue weighted by atomic mass is 9.81. The van der Waals surface area contributed by atoms with Crippen LogP contribution in [0, 0.1) is 18.8 Å². The van der Waals surface area contributed by atoms with Crippen LogP contribution < -0.4 is 4.18 Å². The fourth-order valence-corrected chi connectivity index (χ4v) is 7.60. The number of aryl methyl sites for hydroxylation is 1. The van der Waals surface area contributed by atoms with Gasteiger partial charge in [0, 0.05) is 20.8 Å². The highest BCUT2D eigenvalue weighted by Gasteiger charge is 2.54. The number of imide groups is 1. The predicted octanol–water partition coefficient (Wildman–Crippen LogP) is 6.23. The molecule has 0 unspecified atom stereocenters. The normalized spacial score (nSPS) is 21.6. The van der Waals surface area contributed by atoms with Crippen molar-refractivity contribution in [3.05, 3.63) is 93.5 Å². The molecule has 0 radical (unpaired) electrons. The third kappa shape index (κ3) is 6.60. The Kier molecular flexibility index (Phi) is 9.58. The summed E-state index contributed by atoms with van der Waals surface area (Å²) in [6, 6.07) is 15.5. The highest BCUT2D eigenvalue weighted by molar-refractivity contribution is 9.12. The molecule has 1 saturated heterocycles. The summed E-state index contributed by atoms with van der Waals surface area (Å²) in [6.45, 7) is 1.17. The van der Waals surface area contributed by atoms with Crippen LogP contribution in [0.2, 0.25) is 10.0 Å². The van der Waals surface area contributed by atoms with E-state index in [4.69, 9.17) is 27.4 Å². The van der Waals surface area contributed by atoms with Gasteiger partial charge in [-0.05, 0) is 74.4 Å². The second-order valence-corrected chi connectivity index (χ2v) is 15.2. The van der Waals surface area contributed by atoms with Crippen molar-refractivity contribution in [2.45, 2.75) is 34.3 Å². The number of rotatable bonds is 8. The van der Waals surface area contributed by atoms with Gasteiger partial charge in [0.1, 0.15) is 17.2 Å². The molecule has 230 valence electrons. The van der Waals surface area contributed by atoms with E-state index in [0.29, 0.717) is 12.8 Å². The summed E-state index contributed by atoms with van der Waals surface area (Å²) in [5.74, 6) is -3.91. The Morgan fingerprint density at radius 1 is 0.864 bits per heavy atom. The van der Waals surface area contributed by atoms with Crippen LogP contribution in [-0.2, 0) is 19.7 Å². The molecule has 3 aromatic carbocycles. The van der Waals surface area contributed by atoms with Crippen LogP contribution in [0.25, 0.3) is 0 Å². The Balaban J connectivity index is 1.41. The van der Waals surface area contributed by atoms with Gasteiger partial charge in [-0.25, -0.2) is 5.01 Å². The van der Waals surface area contributed by atoms with E-state index in [-0.39, 0.29) is 41.5 Å². The maximum Gasteiger partial charge on any atom is 0.339 e. The number of Topliss-reactive ketones (excluding diaryl/α,β-unsaturated/α-hetero) is 1. The second-order valence-electron chi connectivity index (χ2n) is 10.5. The smallest absolute Gasteiger partial charge is 0.339 e. The van der Waals surface area contributed by atoms with Crippen LogP contribution in [0.1, 0.15) is 39.1 Å². The van der Waals surface area contributed by atoms with Crippen LogP contribution in [0.15, 0.2) is 71.6 Å². The second kappa shape index (κ2) is 12.9. The van der Waals surface area contributed by atoms with Crippen molar-refractivity contribution >= 4 is 88.7 Å². The Morgan fingerprint density at radius 2 is 1.41 bits per heavy atom. The molecule has 0 spiro atoms. The maximum atomic E-state index is 13.8. The molecule has 2 fully saturated rings. The summed E-state index contributed by atoms with van der Waals surface area (Å²) in [4.78, 5) is 54.3. The van der Waals surface area contributed by atoms with Gasteiger partial charge in [-0.1, -0.05) is 72.8 Å². The summed E-state index contributed by atoms with van der Waals surface area (Å²) in [5.41, 5.74) is 0.994. The summed E-state index contributed by atoms with van der Waals surface area (Å²) in [7, 11) is -4.12. The van der Waals surface area contributed by atoms with E-state index >= 15 is 0 Å². The van der Waals surface area contributed by atoms with E-state index in [0.717, 1.165) is 15.6 Å². The average Bonchev–Trinajstić information content (AvgIpc) is 3.21. The first kappa shape index (κ1) is 32.6. The van der Waals surface area contributed by atoms with Crippen LogP contribution in [-0.4, -0.2) is 58.1 Å². The number of carbonyl (C=O) groups is 4. The van der Waals surface area contributed by atoms with E-state index in [2.05, 4.69) is 31.9 Å². The van der Waals surface area contributed by atoms with Gasteiger partial charge in [0.05, 0.1) is 21.9 Å². The zero-order valence-electron chi connectivity index (χ0n) is 23.0. The molecule has 3 amide bonds. The minimum atomic E-state index is -4.12. The number of carbonyl (C=O) groups excluding carboxylic acids is 4. The molecule has 44 heavy (non-hydrogen) atoms. The van der Waals surface area contributed by atoms with E-state index in [1.54, 1.807) is 12.1 Å². The van der Waals surface area contributed by atoms with Gasteiger partial charge in [-0.15, -0.1) is 0 Å². The summed E-state index contributed by atoms with van der Waals surface area (Å²) < 4.78 is 30.5. The lowest BCUT2D eigenvalue weighted by molar-refractivity contribution is -0.154. The van der Waals surface area contributed by atoms with Crippen molar-refractivity contribution in [1.82, 2.24) is 10.0 Å². The molecule has 0 N–H and O–H groups in total. The van der Waals surface area contributed by atoms with Crippen LogP contribution in [0.5, 0.6) is 5.75 Å². The van der Waals surface area contributed by atoms with Crippen molar-refractivity contribution in [1.29, 1.82) is 0 Å². The largest absolute Gasteiger partial charge is 0.379 e. The van der Waals surface area contributed by atoms with Gasteiger partial charge in [0.15, 0.2) is 5.78 Å². The highest BCUT2D eigenvalue weighted by atomic mass is 79.9. The minimum Gasteiger partial charge on any atom is -0.379 e. The summed E-state index contributed by atoms with van der Waals surface area (Å²) in [5, 5.41) is 1.89. The predicted molar refractivity (Wildman–Crippen MR) is 171 cm³/mol. The lowest BCUT2D eigenvalue weighted by Gasteiger charge is -2.30. The molecule has 0 bridgehead atoms. The molecule has 1 saturated carbocycles. The van der Waals surface area contributed by atoms with Gasteiger partial charge >= 0.3 is 10.1 Å². The number of alkyl halides is 2. The summed E-state index contributed by atoms with van der Waals surface area (Å²) >= 11 is 19.3. The Hall–Kier alpha value is -2.77. The molecule has 1 aliphatic carbocycles. The van der Waals surface area contributed by atoms with Crippen molar-refractivity contribution < 1.29 is 31.8 Å². The first-order valence-corrected chi connectivity index (χ1v) is 17.3. The van der Waals surface area contributed by atoms with Gasteiger partial charge < -0.3 is 4.18 Å². The third-order valence-electron chi connectivity index (χ3n) is 7.52. The molecular formula is C30H24Br2Cl2N2O7S. The van der Waals surface area contributed by atoms with Gasteiger partial charge in [-0.3, -0.25) is 19.2 Å². The molecule has 3 aromatic rings. The first-order valence-electron chi connectivity index (χ1n) is 13.3. The molecule has 14 heteroatoms. The molecular weight excluding hydrogens is 763 g/mol. The number of halogens is 4. The van der Waals surface area contributed by atoms with Crippen molar-refractivity contribution in [2.24, 2.45) is 11.8 Å². The lowest BCUT2D eigenvalue weighted by Crippen LogP contribution is -2.52. The Bertz CT molecular complexity index is 1730. The molecule has 1 aliphatic heterocycles. The van der Waals surface area contributed by atoms with Gasteiger partial charge in [0.25, 0.3) is 17.7 Å². The number of hydrogen-bond donors (Lipinski definition) is 0. The molecule has 2 aliphatic rings.